The topological polar surface area (TPSA) is 56.7 Å². The van der Waals surface area contributed by atoms with Crippen LogP contribution < -0.4 is 5.73 Å². The molecule has 0 saturated carbocycles. The number of anilines is 1. The third-order valence-corrected chi connectivity index (χ3v) is 2.35. The van der Waals surface area contributed by atoms with Crippen LogP contribution >= 0.6 is 0 Å². The van der Waals surface area contributed by atoms with Gasteiger partial charge in [-0.2, -0.15) is 4.68 Å². The van der Waals surface area contributed by atoms with Gasteiger partial charge in [0.15, 0.2) is 5.82 Å². The van der Waals surface area contributed by atoms with Crippen LogP contribution in [-0.2, 0) is 0 Å². The van der Waals surface area contributed by atoms with Gasteiger partial charge in [0.05, 0.1) is 5.69 Å². The molecule has 2 aromatic rings. The number of hydrogen-bond acceptors (Lipinski definition) is 3. The van der Waals surface area contributed by atoms with Crippen molar-refractivity contribution in [2.24, 2.45) is 0 Å². The van der Waals surface area contributed by atoms with E-state index in [9.17, 15) is 4.39 Å². The Morgan fingerprint density at radius 2 is 1.88 bits per heavy atom. The summed E-state index contributed by atoms with van der Waals surface area (Å²) in [6.07, 6.45) is 0. The van der Waals surface area contributed by atoms with Crippen molar-refractivity contribution in [2.75, 3.05) is 5.73 Å². The van der Waals surface area contributed by atoms with Gasteiger partial charge in [0.2, 0.25) is 0 Å². The van der Waals surface area contributed by atoms with Crippen molar-refractivity contribution in [3.8, 4) is 5.69 Å². The molecule has 1 aromatic carbocycles. The van der Waals surface area contributed by atoms with Crippen LogP contribution in [0, 0.1) is 5.82 Å². The molecule has 0 aliphatic heterocycles. The van der Waals surface area contributed by atoms with Gasteiger partial charge in [-0.25, -0.2) is 4.39 Å². The minimum atomic E-state index is -0.286. The molecule has 16 heavy (non-hydrogen) atoms. The van der Waals surface area contributed by atoms with E-state index in [1.54, 1.807) is 12.1 Å². The van der Waals surface area contributed by atoms with Crippen molar-refractivity contribution in [3.63, 3.8) is 0 Å². The Balaban J connectivity index is 2.45. The zero-order valence-corrected chi connectivity index (χ0v) is 9.18. The van der Waals surface area contributed by atoms with Crippen molar-refractivity contribution < 1.29 is 4.39 Å². The zero-order chi connectivity index (χ0) is 11.7. The molecule has 0 atom stereocenters. The zero-order valence-electron chi connectivity index (χ0n) is 9.18. The molecule has 84 valence electrons. The van der Waals surface area contributed by atoms with Gasteiger partial charge in [0.25, 0.3) is 0 Å². The highest BCUT2D eigenvalue weighted by Gasteiger charge is 2.13. The number of rotatable bonds is 2. The predicted molar refractivity (Wildman–Crippen MR) is 59.8 cm³/mol. The van der Waals surface area contributed by atoms with Crippen molar-refractivity contribution in [3.05, 3.63) is 35.8 Å². The molecule has 0 fully saturated rings. The Morgan fingerprint density at radius 1 is 1.25 bits per heavy atom. The first kappa shape index (κ1) is 10.6. The largest absolute Gasteiger partial charge is 0.382 e. The van der Waals surface area contributed by atoms with Gasteiger partial charge in [-0.3, -0.25) is 0 Å². The monoisotopic (exact) mass is 220 g/mol. The van der Waals surface area contributed by atoms with Crippen LogP contribution in [0.15, 0.2) is 24.3 Å². The summed E-state index contributed by atoms with van der Waals surface area (Å²) < 4.78 is 14.3. The van der Waals surface area contributed by atoms with Crippen molar-refractivity contribution in [1.29, 1.82) is 0 Å². The van der Waals surface area contributed by atoms with E-state index in [4.69, 9.17) is 5.73 Å². The van der Waals surface area contributed by atoms with E-state index < -0.39 is 0 Å². The summed E-state index contributed by atoms with van der Waals surface area (Å²) in [4.78, 5) is 0. The summed E-state index contributed by atoms with van der Waals surface area (Å²) in [5.41, 5.74) is 7.38. The van der Waals surface area contributed by atoms with E-state index in [1.807, 2.05) is 13.8 Å². The first-order chi connectivity index (χ1) is 7.59. The quantitative estimate of drug-likeness (QED) is 0.843. The molecule has 5 heteroatoms. The smallest absolute Gasteiger partial charge is 0.151 e. The fourth-order valence-electron chi connectivity index (χ4n) is 1.49. The summed E-state index contributed by atoms with van der Waals surface area (Å²) in [5.74, 6) is 0.433. The van der Waals surface area contributed by atoms with E-state index in [-0.39, 0.29) is 11.7 Å². The van der Waals surface area contributed by atoms with Crippen LogP contribution in [0.4, 0.5) is 10.2 Å². The molecular formula is C11H13FN4. The number of benzene rings is 1. The highest BCUT2D eigenvalue weighted by atomic mass is 19.1. The Morgan fingerprint density at radius 3 is 2.38 bits per heavy atom. The van der Waals surface area contributed by atoms with Crippen molar-refractivity contribution in [2.45, 2.75) is 19.8 Å². The summed E-state index contributed by atoms with van der Waals surface area (Å²) in [5, 5.41) is 7.96. The van der Waals surface area contributed by atoms with E-state index in [0.29, 0.717) is 11.5 Å². The Kier molecular flexibility index (Phi) is 2.60. The molecule has 2 N–H and O–H groups in total. The molecule has 0 radical (unpaired) electrons. The lowest BCUT2D eigenvalue weighted by Crippen LogP contribution is -2.03. The molecule has 0 amide bonds. The maximum Gasteiger partial charge on any atom is 0.151 e. The molecule has 0 unspecified atom stereocenters. The minimum absolute atomic E-state index is 0.217. The highest BCUT2D eigenvalue weighted by Crippen LogP contribution is 2.21. The van der Waals surface area contributed by atoms with Crippen LogP contribution in [-0.4, -0.2) is 15.0 Å². The Hall–Kier alpha value is -1.91. The van der Waals surface area contributed by atoms with E-state index in [2.05, 4.69) is 10.3 Å². The minimum Gasteiger partial charge on any atom is -0.382 e. The standard InChI is InChI=1S/C11H13FN4/c1-7(2)10-11(13)16(15-14-10)9-5-3-8(12)4-6-9/h3-7H,13H2,1-2H3. The fraction of sp³-hybridized carbons (Fsp3) is 0.273. The van der Waals surface area contributed by atoms with Crippen LogP contribution in [0.3, 0.4) is 0 Å². The first-order valence-corrected chi connectivity index (χ1v) is 5.06. The molecule has 0 aliphatic carbocycles. The molecule has 2 rings (SSSR count). The number of nitrogens with two attached hydrogens (primary N) is 1. The van der Waals surface area contributed by atoms with Crippen molar-refractivity contribution >= 4 is 5.82 Å². The molecular weight excluding hydrogens is 207 g/mol. The lowest BCUT2D eigenvalue weighted by atomic mass is 10.1. The lowest BCUT2D eigenvalue weighted by Gasteiger charge is -2.04. The SMILES string of the molecule is CC(C)c1nnn(-c2ccc(F)cc2)c1N. The molecule has 1 aromatic heterocycles. The van der Waals surface area contributed by atoms with Gasteiger partial charge >= 0.3 is 0 Å². The van der Waals surface area contributed by atoms with Crippen LogP contribution in [0.25, 0.3) is 5.69 Å². The summed E-state index contributed by atoms with van der Waals surface area (Å²) in [6.45, 7) is 3.99. The maximum atomic E-state index is 12.8. The van der Waals surface area contributed by atoms with Crippen molar-refractivity contribution in [1.82, 2.24) is 15.0 Å². The van der Waals surface area contributed by atoms with E-state index >= 15 is 0 Å². The lowest BCUT2D eigenvalue weighted by molar-refractivity contribution is 0.627. The van der Waals surface area contributed by atoms with Crippen LogP contribution in [0.2, 0.25) is 0 Å². The molecule has 0 spiro atoms. The van der Waals surface area contributed by atoms with Gasteiger partial charge in [0.1, 0.15) is 11.5 Å². The summed E-state index contributed by atoms with van der Waals surface area (Å²) >= 11 is 0. The molecule has 0 saturated heterocycles. The summed E-state index contributed by atoms with van der Waals surface area (Å²) in [6, 6.07) is 5.96. The number of hydrogen-bond donors (Lipinski definition) is 1. The fourth-order valence-corrected chi connectivity index (χ4v) is 1.49. The number of halogens is 1. The normalized spacial score (nSPS) is 11.0. The third kappa shape index (κ3) is 1.76. The number of nitrogens with zero attached hydrogens (tertiary/aromatic N) is 3. The average Bonchev–Trinajstić information content (AvgIpc) is 2.61. The van der Waals surface area contributed by atoms with Crippen LogP contribution in [0.5, 0.6) is 0 Å². The maximum absolute atomic E-state index is 12.8. The molecule has 0 aliphatic rings. The Bertz CT molecular complexity index is 487. The molecule has 1 heterocycles. The Labute approximate surface area is 92.9 Å². The molecule has 0 bridgehead atoms. The van der Waals surface area contributed by atoms with E-state index in [1.165, 1.54) is 16.8 Å². The molecule has 4 nitrogen and oxygen atoms in total. The van der Waals surface area contributed by atoms with E-state index in [0.717, 1.165) is 5.69 Å². The first-order valence-electron chi connectivity index (χ1n) is 5.06. The van der Waals surface area contributed by atoms with Gasteiger partial charge in [-0.05, 0) is 24.3 Å². The van der Waals surface area contributed by atoms with Gasteiger partial charge < -0.3 is 5.73 Å². The van der Waals surface area contributed by atoms with Crippen LogP contribution in [0.1, 0.15) is 25.5 Å². The highest BCUT2D eigenvalue weighted by molar-refractivity contribution is 5.45. The summed E-state index contributed by atoms with van der Waals surface area (Å²) in [7, 11) is 0. The van der Waals surface area contributed by atoms with Gasteiger partial charge in [-0.15, -0.1) is 5.10 Å². The predicted octanol–water partition coefficient (Wildman–Crippen LogP) is 2.11. The second-order valence-electron chi connectivity index (χ2n) is 3.90. The second kappa shape index (κ2) is 3.92. The average molecular weight is 220 g/mol. The van der Waals surface area contributed by atoms with Gasteiger partial charge in [0, 0.05) is 5.92 Å². The number of nitrogen functional groups attached to an aromatic ring is 1. The number of aromatic nitrogens is 3. The van der Waals surface area contributed by atoms with Gasteiger partial charge in [-0.1, -0.05) is 19.1 Å². The third-order valence-electron chi connectivity index (χ3n) is 2.35. The second-order valence-corrected chi connectivity index (χ2v) is 3.90.